The van der Waals surface area contributed by atoms with Gasteiger partial charge in [0.2, 0.25) is 0 Å². The zero-order valence-corrected chi connectivity index (χ0v) is 28.1. The van der Waals surface area contributed by atoms with Gasteiger partial charge in [0.15, 0.2) is 0 Å². The van der Waals surface area contributed by atoms with E-state index in [1.54, 1.807) is 12.3 Å². The summed E-state index contributed by atoms with van der Waals surface area (Å²) in [5, 5.41) is 0. The molecule has 0 amide bonds. The summed E-state index contributed by atoms with van der Waals surface area (Å²) in [4.78, 5) is 15.6. The normalized spacial score (nSPS) is 12.8. The number of aromatic nitrogens is 2. The number of rotatable bonds is 29. The van der Waals surface area contributed by atoms with Crippen molar-refractivity contribution in [1.29, 1.82) is 0 Å². The first kappa shape index (κ1) is 38.2. The van der Waals surface area contributed by atoms with Crippen LogP contribution in [0.3, 0.4) is 0 Å². The summed E-state index contributed by atoms with van der Waals surface area (Å²) >= 11 is 0. The maximum absolute atomic E-state index is 13.4. The predicted octanol–water partition coefficient (Wildman–Crippen LogP) is 8.50. The molecule has 250 valence electrons. The van der Waals surface area contributed by atoms with Crippen LogP contribution in [0.15, 0.2) is 47.4 Å². The summed E-state index contributed by atoms with van der Waals surface area (Å²) in [5.74, 6) is 0.163. The standard InChI is InChI=1S/C34H58N3O6P/c1-2-3-4-5-6-7-8-9-10-11-12-13-14-15-16-20-26-40-28-29-42-44(39,43-30-32-21-18-17-19-22-32)31-41-27-25-37-24-23-33(35)36-34(37)38/h17-19,21-24H,2-16,20,25-31H2,1H3,(H2,35,36,38). The predicted molar refractivity (Wildman–Crippen MR) is 179 cm³/mol. The summed E-state index contributed by atoms with van der Waals surface area (Å²) in [7, 11) is -3.54. The molecule has 0 fully saturated rings. The Kier molecular flexibility index (Phi) is 21.8. The van der Waals surface area contributed by atoms with Crippen molar-refractivity contribution < 1.29 is 23.1 Å². The van der Waals surface area contributed by atoms with Gasteiger partial charge in [-0.15, -0.1) is 0 Å². The number of nitrogens with two attached hydrogens (primary N) is 1. The van der Waals surface area contributed by atoms with Gasteiger partial charge in [-0.05, 0) is 18.1 Å². The molecule has 2 rings (SSSR count). The number of ether oxygens (including phenoxy) is 2. The maximum atomic E-state index is 13.4. The molecule has 0 bridgehead atoms. The van der Waals surface area contributed by atoms with E-state index >= 15 is 0 Å². The van der Waals surface area contributed by atoms with E-state index in [4.69, 9.17) is 24.3 Å². The van der Waals surface area contributed by atoms with Crippen molar-refractivity contribution in [3.63, 3.8) is 0 Å². The third-order valence-electron chi connectivity index (χ3n) is 7.55. The molecular formula is C34H58N3O6P. The molecule has 2 aromatic rings. The first-order chi connectivity index (χ1) is 21.5. The third-order valence-corrected chi connectivity index (χ3v) is 9.15. The number of benzene rings is 1. The lowest BCUT2D eigenvalue weighted by atomic mass is 10.0. The summed E-state index contributed by atoms with van der Waals surface area (Å²) in [6.45, 7) is 3.95. The average molecular weight is 636 g/mol. The molecule has 0 aliphatic carbocycles. The zero-order chi connectivity index (χ0) is 31.6. The number of nitrogen functional groups attached to an aromatic ring is 1. The number of nitrogens with zero attached hydrogens (tertiary/aromatic N) is 2. The van der Waals surface area contributed by atoms with Crippen LogP contribution in [0.4, 0.5) is 5.82 Å². The van der Waals surface area contributed by atoms with Crippen LogP contribution in [0.5, 0.6) is 0 Å². The molecule has 0 aliphatic rings. The number of unbranched alkanes of at least 4 members (excludes halogenated alkanes) is 15. The van der Waals surface area contributed by atoms with Crippen molar-refractivity contribution in [3.05, 3.63) is 58.6 Å². The molecule has 1 aromatic carbocycles. The van der Waals surface area contributed by atoms with Gasteiger partial charge in [0.05, 0.1) is 33.0 Å². The second-order valence-electron chi connectivity index (χ2n) is 11.5. The maximum Gasteiger partial charge on any atom is 0.356 e. The van der Waals surface area contributed by atoms with Gasteiger partial charge in [-0.2, -0.15) is 4.98 Å². The first-order valence-electron chi connectivity index (χ1n) is 16.9. The molecule has 0 spiro atoms. The minimum absolute atomic E-state index is 0.142. The minimum Gasteiger partial charge on any atom is -0.383 e. The van der Waals surface area contributed by atoms with E-state index in [0.29, 0.717) is 13.2 Å². The molecule has 0 saturated heterocycles. The summed E-state index contributed by atoms with van der Waals surface area (Å²) in [6, 6.07) is 11.0. The van der Waals surface area contributed by atoms with Crippen molar-refractivity contribution >= 4 is 13.4 Å². The van der Waals surface area contributed by atoms with E-state index in [1.165, 1.54) is 94.5 Å². The molecular weight excluding hydrogens is 577 g/mol. The number of hydrogen-bond acceptors (Lipinski definition) is 8. The van der Waals surface area contributed by atoms with Crippen LogP contribution in [0.2, 0.25) is 0 Å². The Morgan fingerprint density at radius 2 is 1.30 bits per heavy atom. The fourth-order valence-electron chi connectivity index (χ4n) is 4.90. The molecule has 44 heavy (non-hydrogen) atoms. The molecule has 10 heteroatoms. The fourth-order valence-corrected chi connectivity index (χ4v) is 6.17. The Morgan fingerprint density at radius 3 is 1.89 bits per heavy atom. The highest BCUT2D eigenvalue weighted by Gasteiger charge is 2.25. The lowest BCUT2D eigenvalue weighted by Gasteiger charge is -2.19. The van der Waals surface area contributed by atoms with Crippen molar-refractivity contribution in [3.8, 4) is 0 Å². The Labute approximate surface area is 265 Å². The Bertz CT molecular complexity index is 1070. The van der Waals surface area contributed by atoms with Crippen LogP contribution < -0.4 is 11.4 Å². The fraction of sp³-hybridized carbons (Fsp3) is 0.706. The van der Waals surface area contributed by atoms with Crippen molar-refractivity contribution in [1.82, 2.24) is 9.55 Å². The average Bonchev–Trinajstić information content (AvgIpc) is 3.02. The Hall–Kier alpha value is -2.03. The van der Waals surface area contributed by atoms with Crippen LogP contribution in [0, 0.1) is 0 Å². The molecule has 0 radical (unpaired) electrons. The monoisotopic (exact) mass is 635 g/mol. The molecule has 0 saturated carbocycles. The topological polar surface area (TPSA) is 115 Å². The molecule has 9 nitrogen and oxygen atoms in total. The van der Waals surface area contributed by atoms with Crippen molar-refractivity contribution in [2.24, 2.45) is 0 Å². The Balaban J connectivity index is 1.51. The van der Waals surface area contributed by atoms with E-state index in [0.717, 1.165) is 18.4 Å². The van der Waals surface area contributed by atoms with E-state index in [-0.39, 0.29) is 38.5 Å². The van der Waals surface area contributed by atoms with Gasteiger partial charge in [0.25, 0.3) is 0 Å². The molecule has 1 aromatic heterocycles. The van der Waals surface area contributed by atoms with Crippen LogP contribution in [0.1, 0.15) is 115 Å². The smallest absolute Gasteiger partial charge is 0.356 e. The minimum atomic E-state index is -3.54. The van der Waals surface area contributed by atoms with E-state index in [1.807, 2.05) is 30.3 Å². The third kappa shape index (κ3) is 19.4. The molecule has 2 N–H and O–H groups in total. The number of anilines is 1. The van der Waals surface area contributed by atoms with E-state index < -0.39 is 13.3 Å². The van der Waals surface area contributed by atoms with Gasteiger partial charge in [0.1, 0.15) is 12.2 Å². The summed E-state index contributed by atoms with van der Waals surface area (Å²) < 4.78 is 37.4. The van der Waals surface area contributed by atoms with Crippen molar-refractivity contribution in [2.75, 3.05) is 38.5 Å². The molecule has 1 unspecified atom stereocenters. The van der Waals surface area contributed by atoms with Crippen LogP contribution in [0.25, 0.3) is 0 Å². The molecule has 1 atom stereocenters. The van der Waals surface area contributed by atoms with Crippen LogP contribution in [-0.4, -0.2) is 42.3 Å². The van der Waals surface area contributed by atoms with Gasteiger partial charge in [-0.3, -0.25) is 9.13 Å². The zero-order valence-electron chi connectivity index (χ0n) is 27.2. The van der Waals surface area contributed by atoms with Gasteiger partial charge < -0.3 is 24.3 Å². The van der Waals surface area contributed by atoms with Crippen LogP contribution in [-0.2, 0) is 36.2 Å². The largest absolute Gasteiger partial charge is 0.383 e. The number of hydrogen-bond donors (Lipinski definition) is 1. The lowest BCUT2D eigenvalue weighted by Crippen LogP contribution is -2.25. The highest BCUT2D eigenvalue weighted by molar-refractivity contribution is 7.53. The highest BCUT2D eigenvalue weighted by Crippen LogP contribution is 2.48. The lowest BCUT2D eigenvalue weighted by molar-refractivity contribution is 0.0754. The molecule has 1 heterocycles. The van der Waals surface area contributed by atoms with Gasteiger partial charge in [-0.25, -0.2) is 4.79 Å². The van der Waals surface area contributed by atoms with Crippen molar-refractivity contribution in [2.45, 2.75) is 123 Å². The van der Waals surface area contributed by atoms with Crippen LogP contribution >= 0.6 is 7.60 Å². The second-order valence-corrected chi connectivity index (χ2v) is 13.5. The molecule has 0 aliphatic heterocycles. The van der Waals surface area contributed by atoms with E-state index in [9.17, 15) is 9.36 Å². The highest BCUT2D eigenvalue weighted by atomic mass is 31.2. The van der Waals surface area contributed by atoms with Gasteiger partial charge >= 0.3 is 13.3 Å². The van der Waals surface area contributed by atoms with Gasteiger partial charge in [0, 0.05) is 12.8 Å². The summed E-state index contributed by atoms with van der Waals surface area (Å²) in [5.41, 5.74) is 5.95. The quantitative estimate of drug-likeness (QED) is 0.0699. The Morgan fingerprint density at radius 1 is 0.705 bits per heavy atom. The first-order valence-corrected chi connectivity index (χ1v) is 18.7. The second kappa shape index (κ2) is 25.2. The summed E-state index contributed by atoms with van der Waals surface area (Å²) in [6.07, 6.45) is 22.7. The van der Waals surface area contributed by atoms with E-state index in [2.05, 4.69) is 11.9 Å². The SMILES string of the molecule is CCCCCCCCCCCCCCCCCCOCCOP(=O)(COCCn1ccc(N)nc1=O)OCc1ccccc1. The van der Waals surface area contributed by atoms with Gasteiger partial charge in [-0.1, -0.05) is 134 Å².